The molecule has 2 aromatic rings. The van der Waals surface area contributed by atoms with Crippen molar-refractivity contribution in [3.8, 4) is 17.2 Å². The second-order valence-electron chi connectivity index (χ2n) is 5.98. The van der Waals surface area contributed by atoms with Crippen molar-refractivity contribution >= 4 is 17.4 Å². The van der Waals surface area contributed by atoms with E-state index in [0.29, 0.717) is 40.5 Å². The Bertz CT molecular complexity index is 791. The predicted octanol–water partition coefficient (Wildman–Crippen LogP) is 4.07. The van der Waals surface area contributed by atoms with Crippen LogP contribution in [0.2, 0.25) is 0 Å². The minimum Gasteiger partial charge on any atom is -0.493 e. The summed E-state index contributed by atoms with van der Waals surface area (Å²) in [6.45, 7) is 2.03. The molecule has 0 unspecified atom stereocenters. The van der Waals surface area contributed by atoms with Gasteiger partial charge in [0.25, 0.3) is 0 Å². The number of unbranched alkanes of at least 4 members (excludes halogenated alkanes) is 1. The molecular formula is C21H25NO5. The van der Waals surface area contributed by atoms with Crippen LogP contribution in [0.3, 0.4) is 0 Å². The molecule has 6 heteroatoms. The molecule has 1 amide bonds. The van der Waals surface area contributed by atoms with Crippen molar-refractivity contribution in [1.82, 2.24) is 0 Å². The molecule has 2 aromatic carbocycles. The van der Waals surface area contributed by atoms with E-state index in [4.69, 9.17) is 14.2 Å². The molecule has 0 saturated carbocycles. The number of rotatable bonds is 9. The van der Waals surface area contributed by atoms with E-state index >= 15 is 0 Å². The van der Waals surface area contributed by atoms with E-state index in [0.717, 1.165) is 12.8 Å². The smallest absolute Gasteiger partial charge is 0.224 e. The summed E-state index contributed by atoms with van der Waals surface area (Å²) < 4.78 is 15.9. The van der Waals surface area contributed by atoms with Crippen molar-refractivity contribution < 1.29 is 23.8 Å². The average molecular weight is 371 g/mol. The van der Waals surface area contributed by atoms with Gasteiger partial charge < -0.3 is 19.5 Å². The standard InChI is InChI=1S/C21H25NO5/c1-5-6-10-19(23)22-16-9-7-8-14(11-16)20(24)15-12-17(25-2)21(27-4)18(13-15)26-3/h7-9,11-13H,5-6,10H2,1-4H3,(H,22,23). The Labute approximate surface area is 159 Å². The molecule has 6 nitrogen and oxygen atoms in total. The topological polar surface area (TPSA) is 73.9 Å². The minimum absolute atomic E-state index is 0.0609. The first-order chi connectivity index (χ1) is 13.0. The fraction of sp³-hybridized carbons (Fsp3) is 0.333. The summed E-state index contributed by atoms with van der Waals surface area (Å²) in [7, 11) is 4.50. The molecule has 27 heavy (non-hydrogen) atoms. The zero-order valence-corrected chi connectivity index (χ0v) is 16.1. The van der Waals surface area contributed by atoms with Gasteiger partial charge in [-0.3, -0.25) is 9.59 Å². The molecule has 0 heterocycles. The van der Waals surface area contributed by atoms with Crippen LogP contribution in [0.5, 0.6) is 17.2 Å². The molecule has 0 aliphatic heterocycles. The number of methoxy groups -OCH3 is 3. The molecule has 0 atom stereocenters. The summed E-state index contributed by atoms with van der Waals surface area (Å²) in [6.07, 6.45) is 2.24. The van der Waals surface area contributed by atoms with Gasteiger partial charge in [0.1, 0.15) is 0 Å². The monoisotopic (exact) mass is 371 g/mol. The number of anilines is 1. The highest BCUT2D eigenvalue weighted by Crippen LogP contribution is 2.38. The number of ketones is 1. The summed E-state index contributed by atoms with van der Waals surface area (Å²) in [5.74, 6) is 0.968. The molecule has 0 radical (unpaired) electrons. The van der Waals surface area contributed by atoms with E-state index in [1.165, 1.54) is 21.3 Å². The van der Waals surface area contributed by atoms with Crippen LogP contribution in [0.4, 0.5) is 5.69 Å². The van der Waals surface area contributed by atoms with E-state index in [1.54, 1.807) is 36.4 Å². The predicted molar refractivity (Wildman–Crippen MR) is 104 cm³/mol. The molecule has 0 spiro atoms. The first kappa shape index (κ1) is 20.3. The maximum atomic E-state index is 12.9. The first-order valence-electron chi connectivity index (χ1n) is 8.78. The normalized spacial score (nSPS) is 10.2. The number of amides is 1. The van der Waals surface area contributed by atoms with Crippen LogP contribution in [0, 0.1) is 0 Å². The van der Waals surface area contributed by atoms with Gasteiger partial charge in [0.2, 0.25) is 11.7 Å². The average Bonchev–Trinajstić information content (AvgIpc) is 2.70. The van der Waals surface area contributed by atoms with E-state index in [9.17, 15) is 9.59 Å². The Hall–Kier alpha value is -3.02. The van der Waals surface area contributed by atoms with Gasteiger partial charge in [-0.25, -0.2) is 0 Å². The van der Waals surface area contributed by atoms with Gasteiger partial charge in [0.15, 0.2) is 17.3 Å². The number of ether oxygens (including phenoxy) is 3. The summed E-state index contributed by atoms with van der Waals surface area (Å²) in [5, 5.41) is 2.83. The van der Waals surface area contributed by atoms with Crippen LogP contribution in [0.25, 0.3) is 0 Å². The molecule has 0 aromatic heterocycles. The van der Waals surface area contributed by atoms with Gasteiger partial charge in [-0.1, -0.05) is 25.5 Å². The molecule has 1 N–H and O–H groups in total. The lowest BCUT2D eigenvalue weighted by Gasteiger charge is -2.14. The molecular weight excluding hydrogens is 346 g/mol. The Morgan fingerprint density at radius 2 is 1.59 bits per heavy atom. The Morgan fingerprint density at radius 1 is 0.926 bits per heavy atom. The van der Waals surface area contributed by atoms with Crippen LogP contribution in [-0.4, -0.2) is 33.0 Å². The summed E-state index contributed by atoms with van der Waals surface area (Å²) in [4.78, 5) is 24.8. The SMILES string of the molecule is CCCCC(=O)Nc1cccc(C(=O)c2cc(OC)c(OC)c(OC)c2)c1. The van der Waals surface area contributed by atoms with E-state index in [-0.39, 0.29) is 11.7 Å². The number of hydrogen-bond acceptors (Lipinski definition) is 5. The van der Waals surface area contributed by atoms with Crippen LogP contribution in [0.15, 0.2) is 36.4 Å². The second-order valence-corrected chi connectivity index (χ2v) is 5.98. The van der Waals surface area contributed by atoms with Gasteiger partial charge in [0.05, 0.1) is 21.3 Å². The lowest BCUT2D eigenvalue weighted by molar-refractivity contribution is -0.116. The highest BCUT2D eigenvalue weighted by Gasteiger charge is 2.18. The molecule has 144 valence electrons. The summed E-state index contributed by atoms with van der Waals surface area (Å²) in [6, 6.07) is 10.1. The highest BCUT2D eigenvalue weighted by molar-refractivity contribution is 6.10. The summed E-state index contributed by atoms with van der Waals surface area (Å²) in [5.41, 5.74) is 1.45. The highest BCUT2D eigenvalue weighted by atomic mass is 16.5. The Morgan fingerprint density at radius 3 is 2.15 bits per heavy atom. The zero-order valence-electron chi connectivity index (χ0n) is 16.1. The Kier molecular flexibility index (Phi) is 7.23. The number of carbonyl (C=O) groups excluding carboxylic acids is 2. The fourth-order valence-electron chi connectivity index (χ4n) is 2.68. The molecule has 0 saturated heterocycles. The lowest BCUT2D eigenvalue weighted by Crippen LogP contribution is -2.11. The second kappa shape index (κ2) is 9.62. The number of carbonyl (C=O) groups is 2. The largest absolute Gasteiger partial charge is 0.493 e. The van der Waals surface area contributed by atoms with E-state index in [1.807, 2.05) is 6.92 Å². The van der Waals surface area contributed by atoms with Crippen molar-refractivity contribution in [3.05, 3.63) is 47.5 Å². The third-order valence-electron chi connectivity index (χ3n) is 4.09. The van der Waals surface area contributed by atoms with Gasteiger partial charge in [-0.2, -0.15) is 0 Å². The molecule has 0 aliphatic carbocycles. The van der Waals surface area contributed by atoms with Crippen molar-refractivity contribution in [2.45, 2.75) is 26.2 Å². The van der Waals surface area contributed by atoms with Crippen LogP contribution < -0.4 is 19.5 Å². The molecule has 0 fully saturated rings. The van der Waals surface area contributed by atoms with Crippen molar-refractivity contribution in [1.29, 1.82) is 0 Å². The molecule has 0 aliphatic rings. The van der Waals surface area contributed by atoms with Crippen LogP contribution >= 0.6 is 0 Å². The van der Waals surface area contributed by atoms with Gasteiger partial charge in [0, 0.05) is 23.2 Å². The number of benzene rings is 2. The third kappa shape index (κ3) is 5.00. The van der Waals surface area contributed by atoms with E-state index in [2.05, 4.69) is 5.32 Å². The Balaban J connectivity index is 2.30. The quantitative estimate of drug-likeness (QED) is 0.673. The summed E-state index contributed by atoms with van der Waals surface area (Å²) >= 11 is 0. The minimum atomic E-state index is -0.209. The van der Waals surface area contributed by atoms with Crippen molar-refractivity contribution in [2.24, 2.45) is 0 Å². The molecule has 0 bridgehead atoms. The van der Waals surface area contributed by atoms with Crippen LogP contribution in [0.1, 0.15) is 42.1 Å². The van der Waals surface area contributed by atoms with Crippen molar-refractivity contribution in [3.63, 3.8) is 0 Å². The number of hydrogen-bond donors (Lipinski definition) is 1. The third-order valence-corrected chi connectivity index (χ3v) is 4.09. The zero-order chi connectivity index (χ0) is 19.8. The fourth-order valence-corrected chi connectivity index (χ4v) is 2.68. The molecule has 2 rings (SSSR count). The number of nitrogens with one attached hydrogen (secondary N) is 1. The lowest BCUT2D eigenvalue weighted by atomic mass is 10.0. The van der Waals surface area contributed by atoms with Gasteiger partial charge in [-0.05, 0) is 30.7 Å². The van der Waals surface area contributed by atoms with Crippen LogP contribution in [-0.2, 0) is 4.79 Å². The van der Waals surface area contributed by atoms with E-state index < -0.39 is 0 Å². The van der Waals surface area contributed by atoms with Gasteiger partial charge in [-0.15, -0.1) is 0 Å². The first-order valence-corrected chi connectivity index (χ1v) is 8.78. The van der Waals surface area contributed by atoms with Gasteiger partial charge >= 0.3 is 0 Å². The maximum Gasteiger partial charge on any atom is 0.224 e. The maximum absolute atomic E-state index is 12.9. The van der Waals surface area contributed by atoms with Crippen molar-refractivity contribution in [2.75, 3.05) is 26.6 Å².